The van der Waals surface area contributed by atoms with Gasteiger partial charge in [-0.3, -0.25) is 14.4 Å². The minimum absolute atomic E-state index is 0.116. The second-order valence-corrected chi connectivity index (χ2v) is 7.26. The van der Waals surface area contributed by atoms with Crippen LogP contribution in [0.25, 0.3) is 10.9 Å². The fourth-order valence-electron chi connectivity index (χ4n) is 3.13. The molecule has 0 spiro atoms. The summed E-state index contributed by atoms with van der Waals surface area (Å²) in [5.41, 5.74) is 1.61. The Balaban J connectivity index is 1.31. The highest BCUT2D eigenvalue weighted by molar-refractivity contribution is 5.97. The maximum absolute atomic E-state index is 12.2. The Hall–Kier alpha value is -3.48. The average molecular weight is 390 g/mol. The molecule has 3 N–H and O–H groups in total. The number of carbonyl (C=O) groups excluding carboxylic acids is 2. The molecule has 7 heteroatoms. The minimum atomic E-state index is -0.170. The molecule has 0 radical (unpaired) electrons. The lowest BCUT2D eigenvalue weighted by Crippen LogP contribution is -2.25. The zero-order valence-electron chi connectivity index (χ0n) is 15.9. The summed E-state index contributed by atoms with van der Waals surface area (Å²) >= 11 is 0. The van der Waals surface area contributed by atoms with Crippen LogP contribution in [0, 0.1) is 0 Å². The molecular weight excluding hydrogens is 368 g/mol. The van der Waals surface area contributed by atoms with E-state index in [4.69, 9.17) is 0 Å². The summed E-state index contributed by atoms with van der Waals surface area (Å²) in [6, 6.07) is 14.4. The van der Waals surface area contributed by atoms with Gasteiger partial charge in [0.2, 0.25) is 5.91 Å². The third-order valence-electron chi connectivity index (χ3n) is 4.80. The van der Waals surface area contributed by atoms with E-state index < -0.39 is 0 Å². The van der Waals surface area contributed by atoms with E-state index in [9.17, 15) is 14.4 Å². The molecule has 2 amide bonds. The molecule has 1 aliphatic rings. The smallest absolute Gasteiger partial charge is 0.258 e. The predicted molar refractivity (Wildman–Crippen MR) is 111 cm³/mol. The molecule has 0 saturated heterocycles. The van der Waals surface area contributed by atoms with Crippen LogP contribution < -0.4 is 16.2 Å². The van der Waals surface area contributed by atoms with Crippen LogP contribution >= 0.6 is 0 Å². The average Bonchev–Trinajstić information content (AvgIpc) is 3.52. The molecule has 0 aliphatic heterocycles. The molecule has 3 aromatic rings. The van der Waals surface area contributed by atoms with E-state index in [1.807, 2.05) is 6.07 Å². The number of aryl methyl sites for hydroxylation is 1. The number of rotatable bonds is 7. The first kappa shape index (κ1) is 18.9. The second-order valence-electron chi connectivity index (χ2n) is 7.26. The van der Waals surface area contributed by atoms with Crippen LogP contribution in [0.3, 0.4) is 0 Å². The number of para-hydroxylation sites is 1. The Morgan fingerprint density at radius 2 is 1.93 bits per heavy atom. The highest BCUT2D eigenvalue weighted by Crippen LogP contribution is 2.20. The lowest BCUT2D eigenvalue weighted by atomic mass is 10.1. The molecule has 29 heavy (non-hydrogen) atoms. The normalized spacial score (nSPS) is 13.2. The quantitative estimate of drug-likeness (QED) is 0.577. The van der Waals surface area contributed by atoms with Gasteiger partial charge >= 0.3 is 0 Å². The number of nitrogens with one attached hydrogen (secondary N) is 3. The Morgan fingerprint density at radius 3 is 2.76 bits per heavy atom. The van der Waals surface area contributed by atoms with Gasteiger partial charge in [0.05, 0.1) is 10.9 Å². The summed E-state index contributed by atoms with van der Waals surface area (Å²) in [6.45, 7) is 0. The van der Waals surface area contributed by atoms with Crippen LogP contribution in [0.2, 0.25) is 0 Å². The number of fused-ring (bicyclic) bond motifs is 1. The number of hydrogen-bond acceptors (Lipinski definition) is 4. The molecule has 1 fully saturated rings. The number of aromatic amines is 1. The fraction of sp³-hybridized carbons (Fsp3) is 0.273. The second kappa shape index (κ2) is 8.26. The highest BCUT2D eigenvalue weighted by Gasteiger charge is 2.23. The maximum Gasteiger partial charge on any atom is 0.258 e. The Labute approximate surface area is 167 Å². The van der Waals surface area contributed by atoms with Gasteiger partial charge < -0.3 is 15.6 Å². The van der Waals surface area contributed by atoms with E-state index in [0.717, 1.165) is 12.8 Å². The van der Waals surface area contributed by atoms with Gasteiger partial charge in [-0.15, -0.1) is 0 Å². The van der Waals surface area contributed by atoms with Gasteiger partial charge in [-0.05, 0) is 49.6 Å². The van der Waals surface area contributed by atoms with E-state index in [1.54, 1.807) is 42.5 Å². The minimum Gasteiger partial charge on any atom is -0.349 e. The Morgan fingerprint density at radius 1 is 1.10 bits per heavy atom. The molecule has 2 aromatic carbocycles. The first-order valence-corrected chi connectivity index (χ1v) is 9.77. The van der Waals surface area contributed by atoms with Gasteiger partial charge in [0.1, 0.15) is 5.82 Å². The number of carbonyl (C=O) groups is 2. The molecule has 148 valence electrons. The number of H-pyrrole nitrogens is 1. The molecular formula is C22H22N4O3. The van der Waals surface area contributed by atoms with Crippen LogP contribution in [0.5, 0.6) is 0 Å². The molecule has 1 saturated carbocycles. The summed E-state index contributed by atoms with van der Waals surface area (Å²) in [7, 11) is 0. The topological polar surface area (TPSA) is 104 Å². The summed E-state index contributed by atoms with van der Waals surface area (Å²) in [4.78, 5) is 43.7. The van der Waals surface area contributed by atoms with E-state index >= 15 is 0 Å². The molecule has 0 atom stereocenters. The molecule has 1 aliphatic carbocycles. The molecule has 0 unspecified atom stereocenters. The largest absolute Gasteiger partial charge is 0.349 e. The van der Waals surface area contributed by atoms with Crippen LogP contribution in [0.4, 0.5) is 5.69 Å². The Kier molecular flexibility index (Phi) is 5.37. The number of nitrogens with zero attached hydrogens (tertiary/aromatic N) is 1. The van der Waals surface area contributed by atoms with Crippen LogP contribution in [-0.4, -0.2) is 27.8 Å². The summed E-state index contributed by atoms with van der Waals surface area (Å²) in [6.07, 6.45) is 3.39. The van der Waals surface area contributed by atoms with Gasteiger partial charge in [0.25, 0.3) is 11.5 Å². The number of anilines is 1. The van der Waals surface area contributed by atoms with Crippen LogP contribution in [-0.2, 0) is 11.2 Å². The first-order valence-electron chi connectivity index (χ1n) is 9.77. The monoisotopic (exact) mass is 390 g/mol. The van der Waals surface area contributed by atoms with Crippen molar-refractivity contribution in [3.8, 4) is 0 Å². The zero-order valence-corrected chi connectivity index (χ0v) is 15.9. The summed E-state index contributed by atoms with van der Waals surface area (Å²) in [5.74, 6) is 0.308. The molecule has 7 nitrogen and oxygen atoms in total. The fourth-order valence-corrected chi connectivity index (χ4v) is 3.13. The van der Waals surface area contributed by atoms with Gasteiger partial charge in [-0.1, -0.05) is 18.2 Å². The molecule has 4 rings (SSSR count). The zero-order chi connectivity index (χ0) is 20.2. The van der Waals surface area contributed by atoms with Crippen molar-refractivity contribution in [3.05, 3.63) is 70.3 Å². The van der Waals surface area contributed by atoms with Crippen molar-refractivity contribution in [3.63, 3.8) is 0 Å². The number of benzene rings is 2. The predicted octanol–water partition coefficient (Wildman–Crippen LogP) is 2.78. The SMILES string of the molecule is O=C(CCCc1nc2ccccc2c(=O)[nH]1)Nc1cccc(C(=O)NC2CC2)c1. The van der Waals surface area contributed by atoms with Crippen molar-refractivity contribution in [2.45, 2.75) is 38.1 Å². The van der Waals surface area contributed by atoms with Gasteiger partial charge in [-0.25, -0.2) is 4.98 Å². The van der Waals surface area contributed by atoms with Crippen molar-refractivity contribution < 1.29 is 9.59 Å². The van der Waals surface area contributed by atoms with Crippen molar-refractivity contribution in [1.29, 1.82) is 0 Å². The molecule has 1 aromatic heterocycles. The molecule has 0 bridgehead atoms. The highest BCUT2D eigenvalue weighted by atomic mass is 16.2. The van der Waals surface area contributed by atoms with Gasteiger partial charge in [0.15, 0.2) is 0 Å². The van der Waals surface area contributed by atoms with E-state index in [0.29, 0.717) is 40.8 Å². The van der Waals surface area contributed by atoms with Crippen molar-refractivity contribution in [2.75, 3.05) is 5.32 Å². The Bertz CT molecular complexity index is 1120. The van der Waals surface area contributed by atoms with Crippen LogP contribution in [0.15, 0.2) is 53.3 Å². The number of hydrogen-bond donors (Lipinski definition) is 3. The lowest BCUT2D eigenvalue weighted by Gasteiger charge is -2.08. The maximum atomic E-state index is 12.2. The number of aromatic nitrogens is 2. The van der Waals surface area contributed by atoms with E-state index in [1.165, 1.54) is 0 Å². The summed E-state index contributed by atoms with van der Waals surface area (Å²) in [5, 5.41) is 6.31. The van der Waals surface area contributed by atoms with Gasteiger partial charge in [0, 0.05) is 30.1 Å². The third kappa shape index (κ3) is 4.87. The summed E-state index contributed by atoms with van der Waals surface area (Å²) < 4.78 is 0. The third-order valence-corrected chi connectivity index (χ3v) is 4.80. The van der Waals surface area contributed by atoms with E-state index in [2.05, 4.69) is 20.6 Å². The first-order chi connectivity index (χ1) is 14.1. The van der Waals surface area contributed by atoms with Gasteiger partial charge in [-0.2, -0.15) is 0 Å². The van der Waals surface area contributed by atoms with Crippen molar-refractivity contribution >= 4 is 28.4 Å². The van der Waals surface area contributed by atoms with E-state index in [-0.39, 0.29) is 29.8 Å². The van der Waals surface area contributed by atoms with Crippen molar-refractivity contribution in [2.24, 2.45) is 0 Å². The van der Waals surface area contributed by atoms with Crippen LogP contribution in [0.1, 0.15) is 41.9 Å². The van der Waals surface area contributed by atoms with Crippen molar-refractivity contribution in [1.82, 2.24) is 15.3 Å². The standard InChI is InChI=1S/C22H22N4O3/c27-20(23-16-6-3-5-14(13-16)21(28)24-15-11-12-15)10-4-9-19-25-18-8-2-1-7-17(18)22(29)26-19/h1-3,5-8,13,15H,4,9-12H2,(H,23,27)(H,24,28)(H,25,26,29). The number of amides is 2. The lowest BCUT2D eigenvalue weighted by molar-refractivity contribution is -0.116. The molecule has 1 heterocycles.